The fraction of sp³-hybridized carbons (Fsp3) is 0.316. The van der Waals surface area contributed by atoms with Gasteiger partial charge in [-0.2, -0.15) is 0 Å². The maximum absolute atomic E-state index is 13.2. The van der Waals surface area contributed by atoms with E-state index >= 15 is 0 Å². The van der Waals surface area contributed by atoms with Crippen LogP contribution in [0.25, 0.3) is 0 Å². The molecule has 0 fully saturated rings. The molecule has 0 heterocycles. The number of carbonyl (C=O) groups excluding carboxylic acids is 1. The average molecular weight is 350 g/mol. The van der Waals surface area contributed by atoms with Gasteiger partial charge in [0.2, 0.25) is 0 Å². The third-order valence-electron chi connectivity index (χ3n) is 3.65. The molecule has 2 rings (SSSR count). The Morgan fingerprint density at radius 3 is 2.50 bits per heavy atom. The second-order valence-corrected chi connectivity index (χ2v) is 6.48. The normalized spacial score (nSPS) is 12.1. The molecule has 0 radical (unpaired) electrons. The number of hydrogen-bond acceptors (Lipinski definition) is 2. The van der Waals surface area contributed by atoms with E-state index in [9.17, 15) is 9.18 Å². The van der Waals surface area contributed by atoms with E-state index in [1.54, 1.807) is 6.92 Å². The fourth-order valence-corrected chi connectivity index (χ4v) is 2.46. The first-order valence-electron chi connectivity index (χ1n) is 7.81. The first-order valence-corrected chi connectivity index (χ1v) is 8.19. The van der Waals surface area contributed by atoms with Crippen molar-refractivity contribution in [1.82, 2.24) is 0 Å². The van der Waals surface area contributed by atoms with Gasteiger partial charge in [0.1, 0.15) is 11.6 Å². The minimum absolute atomic E-state index is 0.0397. The van der Waals surface area contributed by atoms with Crippen molar-refractivity contribution in [2.45, 2.75) is 39.7 Å². The summed E-state index contributed by atoms with van der Waals surface area (Å²) in [6.07, 6.45) is -0.701. The first kappa shape index (κ1) is 18.3. The molecule has 128 valence electrons. The Labute approximate surface area is 146 Å². The van der Waals surface area contributed by atoms with E-state index < -0.39 is 11.9 Å². The second-order valence-electron chi connectivity index (χ2n) is 6.07. The highest BCUT2D eigenvalue weighted by Crippen LogP contribution is 2.28. The summed E-state index contributed by atoms with van der Waals surface area (Å²) in [5, 5.41) is 2.64. The van der Waals surface area contributed by atoms with Crippen LogP contribution >= 0.6 is 11.6 Å². The molecule has 0 aliphatic rings. The molecule has 0 saturated carbocycles. The number of anilines is 1. The molecule has 3 nitrogen and oxygen atoms in total. The van der Waals surface area contributed by atoms with Crippen LogP contribution in [0.3, 0.4) is 0 Å². The van der Waals surface area contributed by atoms with E-state index in [0.717, 1.165) is 11.1 Å². The molecular weight excluding hydrogens is 329 g/mol. The van der Waals surface area contributed by atoms with Crippen LogP contribution < -0.4 is 10.1 Å². The van der Waals surface area contributed by atoms with Crippen LogP contribution in [0.5, 0.6) is 5.75 Å². The summed E-state index contributed by atoms with van der Waals surface area (Å²) in [4.78, 5) is 12.3. The highest BCUT2D eigenvalue weighted by molar-refractivity contribution is 6.31. The van der Waals surface area contributed by atoms with Crippen LogP contribution in [-0.2, 0) is 4.79 Å². The number of halogens is 2. The predicted molar refractivity (Wildman–Crippen MR) is 95.4 cm³/mol. The van der Waals surface area contributed by atoms with Crippen LogP contribution in [-0.4, -0.2) is 12.0 Å². The summed E-state index contributed by atoms with van der Waals surface area (Å²) in [6.45, 7) is 7.79. The number of nitrogens with one attached hydrogen (secondary N) is 1. The Morgan fingerprint density at radius 2 is 1.88 bits per heavy atom. The molecule has 5 heteroatoms. The van der Waals surface area contributed by atoms with Gasteiger partial charge in [0.25, 0.3) is 5.91 Å². The Bertz CT molecular complexity index is 746. The Hall–Kier alpha value is -2.07. The summed E-state index contributed by atoms with van der Waals surface area (Å²) in [7, 11) is 0. The lowest BCUT2D eigenvalue weighted by Gasteiger charge is -2.19. The Kier molecular flexibility index (Phi) is 5.84. The third kappa shape index (κ3) is 4.48. The van der Waals surface area contributed by atoms with Gasteiger partial charge in [-0.25, -0.2) is 4.39 Å². The van der Waals surface area contributed by atoms with E-state index in [0.29, 0.717) is 11.4 Å². The van der Waals surface area contributed by atoms with Crippen LogP contribution in [0.1, 0.15) is 37.8 Å². The molecule has 0 spiro atoms. The van der Waals surface area contributed by atoms with Gasteiger partial charge in [-0.15, -0.1) is 0 Å². The fourth-order valence-electron chi connectivity index (χ4n) is 2.28. The van der Waals surface area contributed by atoms with Gasteiger partial charge in [0.05, 0.1) is 5.02 Å². The molecule has 2 aromatic carbocycles. The molecule has 0 aromatic heterocycles. The number of amides is 1. The quantitative estimate of drug-likeness (QED) is 0.793. The van der Waals surface area contributed by atoms with Gasteiger partial charge in [-0.3, -0.25) is 4.79 Å². The second kappa shape index (κ2) is 7.67. The zero-order chi connectivity index (χ0) is 17.9. The molecular formula is C19H21ClFNO2. The number of carbonyl (C=O) groups is 1. The van der Waals surface area contributed by atoms with Gasteiger partial charge >= 0.3 is 0 Å². The Morgan fingerprint density at radius 1 is 1.17 bits per heavy atom. The summed E-state index contributed by atoms with van der Waals surface area (Å²) in [5.41, 5.74) is 2.53. The lowest BCUT2D eigenvalue weighted by Crippen LogP contribution is -2.30. The molecule has 2 aromatic rings. The van der Waals surface area contributed by atoms with Gasteiger partial charge in [-0.05, 0) is 55.2 Å². The average Bonchev–Trinajstić information content (AvgIpc) is 2.50. The number of aryl methyl sites for hydroxylation is 1. The molecule has 24 heavy (non-hydrogen) atoms. The topological polar surface area (TPSA) is 38.3 Å². The maximum atomic E-state index is 13.2. The van der Waals surface area contributed by atoms with Gasteiger partial charge in [0.15, 0.2) is 6.10 Å². The van der Waals surface area contributed by atoms with Crippen molar-refractivity contribution >= 4 is 23.2 Å². The van der Waals surface area contributed by atoms with Crippen LogP contribution in [0.2, 0.25) is 5.02 Å². The SMILES string of the molecule is Cc1ccc(C(C)C)c(OC(C)C(=O)Nc2ccc(F)c(Cl)c2)c1. The van der Waals surface area contributed by atoms with E-state index in [2.05, 4.69) is 19.2 Å². The number of hydrogen-bond donors (Lipinski definition) is 1. The molecule has 1 atom stereocenters. The minimum Gasteiger partial charge on any atom is -0.481 e. The molecule has 1 amide bonds. The number of benzene rings is 2. The summed E-state index contributed by atoms with van der Waals surface area (Å²) in [5.74, 6) is 0.130. The molecule has 0 aliphatic heterocycles. The smallest absolute Gasteiger partial charge is 0.265 e. The summed E-state index contributed by atoms with van der Waals surface area (Å²) >= 11 is 5.72. The molecule has 0 saturated heterocycles. The lowest BCUT2D eigenvalue weighted by atomic mass is 10.0. The largest absolute Gasteiger partial charge is 0.481 e. The number of ether oxygens (including phenoxy) is 1. The van der Waals surface area contributed by atoms with Crippen molar-refractivity contribution in [3.8, 4) is 5.75 Å². The van der Waals surface area contributed by atoms with E-state index in [-0.39, 0.29) is 16.8 Å². The molecule has 1 unspecified atom stereocenters. The van der Waals surface area contributed by atoms with Crippen LogP contribution in [0.4, 0.5) is 10.1 Å². The van der Waals surface area contributed by atoms with Gasteiger partial charge in [0, 0.05) is 5.69 Å². The summed E-state index contributed by atoms with van der Waals surface area (Å²) in [6, 6.07) is 9.99. The van der Waals surface area contributed by atoms with Crippen molar-refractivity contribution in [3.63, 3.8) is 0 Å². The predicted octanol–water partition coefficient (Wildman–Crippen LogP) is 5.32. The van der Waals surface area contributed by atoms with Crippen molar-refractivity contribution in [2.24, 2.45) is 0 Å². The highest BCUT2D eigenvalue weighted by atomic mass is 35.5. The van der Waals surface area contributed by atoms with E-state index in [1.807, 2.05) is 25.1 Å². The third-order valence-corrected chi connectivity index (χ3v) is 3.94. The van der Waals surface area contributed by atoms with Crippen molar-refractivity contribution in [2.75, 3.05) is 5.32 Å². The van der Waals surface area contributed by atoms with Gasteiger partial charge in [-0.1, -0.05) is 37.6 Å². The molecule has 1 N–H and O–H groups in total. The minimum atomic E-state index is -0.701. The van der Waals surface area contributed by atoms with Crippen molar-refractivity contribution in [3.05, 3.63) is 58.4 Å². The Balaban J connectivity index is 2.11. The van der Waals surface area contributed by atoms with Gasteiger partial charge < -0.3 is 10.1 Å². The highest BCUT2D eigenvalue weighted by Gasteiger charge is 2.18. The standard InChI is InChI=1S/C19H21ClFNO2/c1-11(2)15-7-5-12(3)9-18(15)24-13(4)19(23)22-14-6-8-17(21)16(20)10-14/h5-11,13H,1-4H3,(H,22,23). The maximum Gasteiger partial charge on any atom is 0.265 e. The summed E-state index contributed by atoms with van der Waals surface area (Å²) < 4.78 is 19.0. The van der Waals surface area contributed by atoms with Crippen molar-refractivity contribution in [1.29, 1.82) is 0 Å². The number of rotatable bonds is 5. The lowest BCUT2D eigenvalue weighted by molar-refractivity contribution is -0.122. The van der Waals surface area contributed by atoms with Crippen LogP contribution in [0, 0.1) is 12.7 Å². The molecule has 0 aliphatic carbocycles. The van der Waals surface area contributed by atoms with E-state index in [1.165, 1.54) is 18.2 Å². The van der Waals surface area contributed by atoms with Crippen molar-refractivity contribution < 1.29 is 13.9 Å². The van der Waals surface area contributed by atoms with E-state index in [4.69, 9.17) is 16.3 Å². The zero-order valence-corrected chi connectivity index (χ0v) is 14.9. The monoisotopic (exact) mass is 349 g/mol. The van der Waals surface area contributed by atoms with Crippen LogP contribution in [0.15, 0.2) is 36.4 Å². The molecule has 0 bridgehead atoms. The zero-order valence-electron chi connectivity index (χ0n) is 14.2. The first-order chi connectivity index (χ1) is 11.3.